The van der Waals surface area contributed by atoms with Gasteiger partial charge in [0.05, 0.1) is 25.3 Å². The molecule has 2 heterocycles. The molecule has 2 aromatic carbocycles. The Balaban J connectivity index is 1.69. The summed E-state index contributed by atoms with van der Waals surface area (Å²) in [4.78, 5) is 24.2. The Bertz CT molecular complexity index is 1200. The molecule has 3 N–H and O–H groups in total. The number of nitrogens with one attached hydrogen (secondary N) is 3. The molecule has 2 aromatic heterocycles. The van der Waals surface area contributed by atoms with Crippen LogP contribution in [0.2, 0.25) is 0 Å². The lowest BCUT2D eigenvalue weighted by molar-refractivity contribution is 0.395. The van der Waals surface area contributed by atoms with Crippen LogP contribution in [0.5, 0.6) is 11.5 Å². The number of aromatic nitrogens is 3. The Kier molecular flexibility index (Phi) is 5.71. The van der Waals surface area contributed by atoms with Crippen LogP contribution in [-0.2, 0) is 0 Å². The molecule has 0 spiro atoms. The van der Waals surface area contributed by atoms with Gasteiger partial charge in [-0.25, -0.2) is 9.97 Å². The zero-order valence-electron chi connectivity index (χ0n) is 16.3. The molecule has 4 rings (SSSR count). The smallest absolute Gasteiger partial charge is 0.247 e. The van der Waals surface area contributed by atoms with Gasteiger partial charge in [-0.15, -0.1) is 0 Å². The monoisotopic (exact) mass is 421 g/mol. The number of hydrogen-bond donors (Lipinski definition) is 3. The van der Waals surface area contributed by atoms with Gasteiger partial charge < -0.3 is 24.5 Å². The summed E-state index contributed by atoms with van der Waals surface area (Å²) in [5, 5.41) is 3.29. The van der Waals surface area contributed by atoms with Gasteiger partial charge in [-0.3, -0.25) is 4.79 Å². The molecule has 0 aliphatic rings. The minimum Gasteiger partial charge on any atom is -0.497 e. The van der Waals surface area contributed by atoms with Crippen molar-refractivity contribution in [3.8, 4) is 11.5 Å². The van der Waals surface area contributed by atoms with Crippen LogP contribution in [0, 0.1) is 0 Å². The molecular weight excluding hydrogens is 402 g/mol. The Hall–Kier alpha value is -3.72. The van der Waals surface area contributed by atoms with Crippen molar-refractivity contribution in [3.05, 3.63) is 71.1 Å². The van der Waals surface area contributed by atoms with Crippen molar-refractivity contribution in [1.82, 2.24) is 15.0 Å². The SMILES string of the molecule is COc1cc(Nc2nc3ccccc3nc2NSc2ccc(=O)[nH]c2)cc(OC)c1. The fourth-order valence-corrected chi connectivity index (χ4v) is 3.35. The largest absolute Gasteiger partial charge is 0.497 e. The fourth-order valence-electron chi connectivity index (χ4n) is 2.74. The number of pyridine rings is 1. The van der Waals surface area contributed by atoms with Gasteiger partial charge in [0, 0.05) is 41.0 Å². The Labute approximate surface area is 176 Å². The number of para-hydroxylation sites is 2. The van der Waals surface area contributed by atoms with E-state index in [1.54, 1.807) is 32.5 Å². The third-order valence-corrected chi connectivity index (χ3v) is 4.99. The second-order valence-corrected chi connectivity index (χ2v) is 7.11. The van der Waals surface area contributed by atoms with E-state index in [0.717, 1.165) is 21.6 Å². The number of H-pyrrole nitrogens is 1. The van der Waals surface area contributed by atoms with E-state index in [9.17, 15) is 4.79 Å². The molecule has 0 bridgehead atoms. The van der Waals surface area contributed by atoms with Crippen molar-refractivity contribution >= 4 is 40.3 Å². The first-order chi connectivity index (χ1) is 14.6. The van der Waals surface area contributed by atoms with E-state index in [2.05, 4.69) is 15.0 Å². The number of rotatable bonds is 7. The maximum Gasteiger partial charge on any atom is 0.247 e. The average Bonchev–Trinajstić information content (AvgIpc) is 2.78. The molecule has 0 unspecified atom stereocenters. The van der Waals surface area contributed by atoms with Crippen molar-refractivity contribution in [3.63, 3.8) is 0 Å². The summed E-state index contributed by atoms with van der Waals surface area (Å²) in [6.45, 7) is 0. The predicted octanol–water partition coefficient (Wildman–Crippen LogP) is 4.20. The molecule has 0 atom stereocenters. The summed E-state index contributed by atoms with van der Waals surface area (Å²) >= 11 is 1.32. The summed E-state index contributed by atoms with van der Waals surface area (Å²) in [5.41, 5.74) is 2.11. The molecule has 0 fully saturated rings. The predicted molar refractivity (Wildman–Crippen MR) is 119 cm³/mol. The standard InChI is InChI=1S/C21H19N5O3S/c1-28-14-9-13(10-15(11-14)29-2)23-20-21(25-18-6-4-3-5-17(18)24-20)26-30-16-7-8-19(27)22-12-16/h3-12H,1-2H3,(H,22,27)(H,23,24)(H,25,26). The van der Waals surface area contributed by atoms with Crippen LogP contribution in [0.25, 0.3) is 11.0 Å². The van der Waals surface area contributed by atoms with E-state index in [0.29, 0.717) is 23.1 Å². The van der Waals surface area contributed by atoms with Crippen LogP contribution < -0.4 is 25.1 Å². The first-order valence-electron chi connectivity index (χ1n) is 9.03. The lowest BCUT2D eigenvalue weighted by atomic mass is 10.2. The number of benzene rings is 2. The molecule has 30 heavy (non-hydrogen) atoms. The van der Waals surface area contributed by atoms with Crippen molar-refractivity contribution in [2.75, 3.05) is 24.3 Å². The zero-order valence-corrected chi connectivity index (χ0v) is 17.1. The lowest BCUT2D eigenvalue weighted by Gasteiger charge is -2.14. The number of nitrogens with zero attached hydrogens (tertiary/aromatic N) is 2. The number of anilines is 3. The fraction of sp³-hybridized carbons (Fsp3) is 0.0952. The van der Waals surface area contributed by atoms with Gasteiger partial charge in [-0.1, -0.05) is 12.1 Å². The third-order valence-electron chi connectivity index (χ3n) is 4.21. The molecule has 8 nitrogen and oxygen atoms in total. The first-order valence-corrected chi connectivity index (χ1v) is 9.85. The van der Waals surface area contributed by atoms with E-state index in [-0.39, 0.29) is 5.56 Å². The summed E-state index contributed by atoms with van der Waals surface area (Å²) in [6, 6.07) is 16.3. The van der Waals surface area contributed by atoms with Crippen LogP contribution in [0.1, 0.15) is 0 Å². The molecule has 0 aliphatic heterocycles. The van der Waals surface area contributed by atoms with Gasteiger partial charge >= 0.3 is 0 Å². The zero-order chi connectivity index (χ0) is 20.9. The summed E-state index contributed by atoms with van der Waals surface area (Å²) in [6.07, 6.45) is 1.63. The van der Waals surface area contributed by atoms with Crippen molar-refractivity contribution < 1.29 is 9.47 Å². The summed E-state index contributed by atoms with van der Waals surface area (Å²) < 4.78 is 13.9. The maximum absolute atomic E-state index is 11.3. The second kappa shape index (κ2) is 8.75. The highest BCUT2D eigenvalue weighted by Crippen LogP contribution is 2.32. The minimum atomic E-state index is -0.154. The van der Waals surface area contributed by atoms with Crippen LogP contribution in [0.15, 0.2) is 70.5 Å². The molecule has 4 aromatic rings. The van der Waals surface area contributed by atoms with Crippen LogP contribution in [0.4, 0.5) is 17.3 Å². The number of ether oxygens (including phenoxy) is 2. The highest BCUT2D eigenvalue weighted by atomic mass is 32.2. The average molecular weight is 421 g/mol. The first kappa shape index (κ1) is 19.6. The van der Waals surface area contributed by atoms with Gasteiger partial charge in [0.1, 0.15) is 11.5 Å². The highest BCUT2D eigenvalue weighted by Gasteiger charge is 2.11. The van der Waals surface area contributed by atoms with Crippen LogP contribution >= 0.6 is 11.9 Å². The van der Waals surface area contributed by atoms with Crippen LogP contribution in [-0.4, -0.2) is 29.2 Å². The minimum absolute atomic E-state index is 0.154. The van der Waals surface area contributed by atoms with E-state index < -0.39 is 0 Å². The molecule has 0 saturated heterocycles. The lowest BCUT2D eigenvalue weighted by Crippen LogP contribution is -2.04. The molecule has 9 heteroatoms. The molecule has 152 valence electrons. The molecule has 0 radical (unpaired) electrons. The Morgan fingerprint density at radius 2 is 1.57 bits per heavy atom. The van der Waals surface area contributed by atoms with Gasteiger partial charge in [0.2, 0.25) is 5.56 Å². The van der Waals surface area contributed by atoms with E-state index in [1.165, 1.54) is 18.0 Å². The van der Waals surface area contributed by atoms with E-state index >= 15 is 0 Å². The number of methoxy groups -OCH3 is 2. The number of aromatic amines is 1. The third kappa shape index (κ3) is 4.47. The normalized spacial score (nSPS) is 10.6. The van der Waals surface area contributed by atoms with Gasteiger partial charge in [-0.05, 0) is 30.1 Å². The quantitative estimate of drug-likeness (QED) is 0.382. The summed E-state index contributed by atoms with van der Waals surface area (Å²) in [5.74, 6) is 2.40. The molecule has 0 aliphatic carbocycles. The van der Waals surface area contributed by atoms with Crippen molar-refractivity contribution in [2.24, 2.45) is 0 Å². The molecule has 0 saturated carbocycles. The number of hydrogen-bond acceptors (Lipinski definition) is 8. The van der Waals surface area contributed by atoms with Gasteiger partial charge in [0.25, 0.3) is 0 Å². The molecular formula is C21H19N5O3S. The topological polar surface area (TPSA) is 101 Å². The van der Waals surface area contributed by atoms with Crippen LogP contribution in [0.3, 0.4) is 0 Å². The molecule has 0 amide bonds. The van der Waals surface area contributed by atoms with E-state index in [4.69, 9.17) is 19.4 Å². The van der Waals surface area contributed by atoms with Gasteiger partial charge in [0.15, 0.2) is 11.6 Å². The van der Waals surface area contributed by atoms with Crippen molar-refractivity contribution in [1.29, 1.82) is 0 Å². The van der Waals surface area contributed by atoms with Gasteiger partial charge in [-0.2, -0.15) is 0 Å². The highest BCUT2D eigenvalue weighted by molar-refractivity contribution is 8.00. The number of fused-ring (bicyclic) bond motifs is 1. The van der Waals surface area contributed by atoms with Crippen molar-refractivity contribution in [2.45, 2.75) is 4.90 Å². The maximum atomic E-state index is 11.3. The Morgan fingerprint density at radius 1 is 0.900 bits per heavy atom. The van der Waals surface area contributed by atoms with E-state index in [1.807, 2.05) is 36.4 Å². The summed E-state index contributed by atoms with van der Waals surface area (Å²) in [7, 11) is 3.20. The Morgan fingerprint density at radius 3 is 2.17 bits per heavy atom. The second-order valence-electron chi connectivity index (χ2n) is 6.23.